The molecule has 0 heterocycles. The molecule has 0 saturated heterocycles. The van der Waals surface area contributed by atoms with E-state index in [1.807, 2.05) is 0 Å². The molecule has 0 saturated carbocycles. The lowest BCUT2D eigenvalue weighted by molar-refractivity contribution is -0.0483. The SMILES string of the molecule is COCOCCN(CCC#N)CCOCOC. The Morgan fingerprint density at radius 2 is 1.47 bits per heavy atom. The van der Waals surface area contributed by atoms with Gasteiger partial charge in [-0.3, -0.25) is 4.90 Å². The number of nitrogens with zero attached hydrogens (tertiary/aromatic N) is 2. The predicted molar refractivity (Wildman–Crippen MR) is 62.3 cm³/mol. The van der Waals surface area contributed by atoms with Crippen molar-refractivity contribution >= 4 is 0 Å². The summed E-state index contributed by atoms with van der Waals surface area (Å²) in [6, 6.07) is 2.13. The second kappa shape index (κ2) is 13.4. The highest BCUT2D eigenvalue weighted by atomic mass is 16.7. The van der Waals surface area contributed by atoms with Crippen LogP contribution < -0.4 is 0 Å². The number of ether oxygens (including phenoxy) is 4. The summed E-state index contributed by atoms with van der Waals surface area (Å²) < 4.78 is 20.0. The van der Waals surface area contributed by atoms with Gasteiger partial charge in [-0.15, -0.1) is 0 Å². The minimum absolute atomic E-state index is 0.298. The Morgan fingerprint density at radius 3 is 1.88 bits per heavy atom. The van der Waals surface area contributed by atoms with E-state index in [-0.39, 0.29) is 0 Å². The Hall–Kier alpha value is -0.710. The third-order valence-electron chi connectivity index (χ3n) is 2.05. The fourth-order valence-corrected chi connectivity index (χ4v) is 1.22. The lowest BCUT2D eigenvalue weighted by atomic mass is 10.4. The Labute approximate surface area is 103 Å². The van der Waals surface area contributed by atoms with Crippen molar-refractivity contribution in [2.75, 3.05) is 60.7 Å². The first-order valence-electron chi connectivity index (χ1n) is 5.57. The first-order chi connectivity index (χ1) is 8.35. The molecule has 0 radical (unpaired) electrons. The van der Waals surface area contributed by atoms with E-state index < -0.39 is 0 Å². The number of rotatable bonds is 12. The Morgan fingerprint density at radius 1 is 0.941 bits per heavy atom. The van der Waals surface area contributed by atoms with Gasteiger partial charge in [-0.2, -0.15) is 5.26 Å². The van der Waals surface area contributed by atoms with E-state index in [0.717, 1.165) is 19.6 Å². The molecule has 6 heteroatoms. The van der Waals surface area contributed by atoms with Gasteiger partial charge in [0.25, 0.3) is 0 Å². The summed E-state index contributed by atoms with van der Waals surface area (Å²) >= 11 is 0. The first kappa shape index (κ1) is 16.3. The molecular weight excluding hydrogens is 224 g/mol. The number of hydrogen-bond donors (Lipinski definition) is 0. The normalized spacial score (nSPS) is 10.7. The van der Waals surface area contributed by atoms with Crippen molar-refractivity contribution in [2.24, 2.45) is 0 Å². The standard InChI is InChI=1S/C11H22N2O4/c1-14-10-16-8-6-13(5-3-4-12)7-9-17-11-15-2/h3,5-11H2,1-2H3. The molecule has 0 amide bonds. The largest absolute Gasteiger partial charge is 0.359 e. The van der Waals surface area contributed by atoms with Crippen molar-refractivity contribution in [3.63, 3.8) is 0 Å². The Balaban J connectivity index is 3.60. The predicted octanol–water partition coefficient (Wildman–Crippen LogP) is 0.443. The minimum Gasteiger partial charge on any atom is -0.359 e. The zero-order chi connectivity index (χ0) is 12.8. The molecule has 0 atom stereocenters. The van der Waals surface area contributed by atoms with Gasteiger partial charge in [0.15, 0.2) is 0 Å². The van der Waals surface area contributed by atoms with E-state index in [9.17, 15) is 0 Å². The van der Waals surface area contributed by atoms with E-state index in [2.05, 4.69) is 11.0 Å². The highest BCUT2D eigenvalue weighted by molar-refractivity contribution is 4.72. The molecule has 0 aliphatic heterocycles. The van der Waals surface area contributed by atoms with Crippen LogP contribution in [0.2, 0.25) is 0 Å². The zero-order valence-electron chi connectivity index (χ0n) is 10.7. The maximum atomic E-state index is 8.56. The lowest BCUT2D eigenvalue weighted by Crippen LogP contribution is -2.32. The maximum absolute atomic E-state index is 8.56. The molecule has 0 bridgehead atoms. The van der Waals surface area contributed by atoms with Crippen LogP contribution in [0.4, 0.5) is 0 Å². The monoisotopic (exact) mass is 246 g/mol. The molecule has 0 unspecified atom stereocenters. The number of methoxy groups -OCH3 is 2. The summed E-state index contributed by atoms with van der Waals surface area (Å²) in [5.41, 5.74) is 0. The molecule has 0 aromatic carbocycles. The topological polar surface area (TPSA) is 64.0 Å². The Bertz CT molecular complexity index is 184. The Kier molecular flexibility index (Phi) is 12.8. The summed E-state index contributed by atoms with van der Waals surface area (Å²) in [5, 5.41) is 8.56. The molecule has 17 heavy (non-hydrogen) atoms. The van der Waals surface area contributed by atoms with Crippen molar-refractivity contribution in [3.8, 4) is 6.07 Å². The first-order valence-corrected chi connectivity index (χ1v) is 5.57. The van der Waals surface area contributed by atoms with Gasteiger partial charge in [0.2, 0.25) is 0 Å². The van der Waals surface area contributed by atoms with Gasteiger partial charge in [0.1, 0.15) is 13.6 Å². The minimum atomic E-state index is 0.298. The second-order valence-electron chi connectivity index (χ2n) is 3.38. The number of nitriles is 1. The molecule has 0 fully saturated rings. The van der Waals surface area contributed by atoms with Gasteiger partial charge in [-0.1, -0.05) is 0 Å². The van der Waals surface area contributed by atoms with Crippen LogP contribution >= 0.6 is 0 Å². The van der Waals surface area contributed by atoms with Crippen LogP contribution in [0.5, 0.6) is 0 Å². The summed E-state index contributed by atoms with van der Waals surface area (Å²) in [7, 11) is 3.18. The molecule has 0 spiro atoms. The van der Waals surface area contributed by atoms with Crippen LogP contribution in [-0.4, -0.2) is 65.6 Å². The molecule has 0 N–H and O–H groups in total. The molecular formula is C11H22N2O4. The average molecular weight is 246 g/mol. The van der Waals surface area contributed by atoms with Gasteiger partial charge in [-0.05, 0) is 0 Å². The van der Waals surface area contributed by atoms with Crippen molar-refractivity contribution in [2.45, 2.75) is 6.42 Å². The van der Waals surface area contributed by atoms with E-state index in [1.165, 1.54) is 0 Å². The lowest BCUT2D eigenvalue weighted by Gasteiger charge is -2.20. The van der Waals surface area contributed by atoms with E-state index in [0.29, 0.717) is 33.2 Å². The third kappa shape index (κ3) is 11.6. The zero-order valence-corrected chi connectivity index (χ0v) is 10.7. The number of hydrogen-bond acceptors (Lipinski definition) is 6. The third-order valence-corrected chi connectivity index (χ3v) is 2.05. The van der Waals surface area contributed by atoms with E-state index >= 15 is 0 Å². The van der Waals surface area contributed by atoms with Crippen molar-refractivity contribution < 1.29 is 18.9 Å². The highest BCUT2D eigenvalue weighted by Crippen LogP contribution is 1.92. The van der Waals surface area contributed by atoms with Crippen molar-refractivity contribution in [3.05, 3.63) is 0 Å². The molecule has 0 aliphatic carbocycles. The molecule has 0 aliphatic rings. The van der Waals surface area contributed by atoms with Gasteiger partial charge in [-0.25, -0.2) is 0 Å². The van der Waals surface area contributed by atoms with Crippen LogP contribution in [0, 0.1) is 11.3 Å². The maximum Gasteiger partial charge on any atom is 0.146 e. The van der Waals surface area contributed by atoms with Gasteiger partial charge < -0.3 is 18.9 Å². The molecule has 100 valence electrons. The van der Waals surface area contributed by atoms with E-state index in [4.69, 9.17) is 24.2 Å². The van der Waals surface area contributed by atoms with Gasteiger partial charge in [0, 0.05) is 40.3 Å². The van der Waals surface area contributed by atoms with Crippen LogP contribution in [0.1, 0.15) is 6.42 Å². The van der Waals surface area contributed by atoms with E-state index in [1.54, 1.807) is 14.2 Å². The summed E-state index contributed by atoms with van der Waals surface area (Å²) in [6.45, 7) is 4.03. The quantitative estimate of drug-likeness (QED) is 0.368. The van der Waals surface area contributed by atoms with Gasteiger partial charge in [0.05, 0.1) is 19.3 Å². The van der Waals surface area contributed by atoms with Crippen LogP contribution in [0.3, 0.4) is 0 Å². The van der Waals surface area contributed by atoms with Gasteiger partial charge >= 0.3 is 0 Å². The van der Waals surface area contributed by atoms with Crippen LogP contribution in [-0.2, 0) is 18.9 Å². The molecule has 6 nitrogen and oxygen atoms in total. The summed E-state index contributed by atoms with van der Waals surface area (Å²) in [6.07, 6.45) is 0.508. The van der Waals surface area contributed by atoms with Crippen LogP contribution in [0.25, 0.3) is 0 Å². The fraction of sp³-hybridized carbons (Fsp3) is 0.909. The molecule has 0 aromatic heterocycles. The molecule has 0 rings (SSSR count). The van der Waals surface area contributed by atoms with Crippen molar-refractivity contribution in [1.29, 1.82) is 5.26 Å². The summed E-state index contributed by atoms with van der Waals surface area (Å²) in [4.78, 5) is 2.12. The van der Waals surface area contributed by atoms with Crippen LogP contribution in [0.15, 0.2) is 0 Å². The molecule has 0 aromatic rings. The second-order valence-corrected chi connectivity index (χ2v) is 3.38. The van der Waals surface area contributed by atoms with Crippen molar-refractivity contribution in [1.82, 2.24) is 4.90 Å². The highest BCUT2D eigenvalue weighted by Gasteiger charge is 2.04. The fourth-order valence-electron chi connectivity index (χ4n) is 1.22. The summed E-state index contributed by atoms with van der Waals surface area (Å²) in [5.74, 6) is 0. The smallest absolute Gasteiger partial charge is 0.146 e. The average Bonchev–Trinajstić information content (AvgIpc) is 2.35.